The number of carbonyl (C=O) groups excluding carboxylic acids is 4. The Morgan fingerprint density at radius 1 is 0.578 bits per heavy atom. The van der Waals surface area contributed by atoms with Crippen molar-refractivity contribution in [2.45, 2.75) is 44.9 Å². The number of hydrogen-bond donors (Lipinski definition) is 0. The third-order valence-corrected chi connectivity index (χ3v) is 11.5. The highest BCUT2D eigenvalue weighted by Crippen LogP contribution is 2.58. The minimum absolute atomic E-state index is 0.0584. The van der Waals surface area contributed by atoms with E-state index < -0.39 is 0 Å². The van der Waals surface area contributed by atoms with Gasteiger partial charge in [-0.25, -0.2) is 0 Å². The number of amides is 4. The van der Waals surface area contributed by atoms with Gasteiger partial charge in [0.05, 0.1) is 35.0 Å². The third-order valence-electron chi connectivity index (χ3n) is 11.5. The van der Waals surface area contributed by atoms with Crippen molar-refractivity contribution < 1.29 is 19.2 Å². The lowest BCUT2D eigenvalue weighted by Crippen LogP contribution is -2.33. The Morgan fingerprint density at radius 2 is 0.956 bits per heavy atom. The van der Waals surface area contributed by atoms with Crippen LogP contribution in [0.15, 0.2) is 97.1 Å². The van der Waals surface area contributed by atoms with Crippen molar-refractivity contribution in [3.8, 4) is 0 Å². The maximum Gasteiger partial charge on any atom is 0.238 e. The van der Waals surface area contributed by atoms with Crippen LogP contribution in [-0.4, -0.2) is 23.6 Å². The normalized spacial score (nSPS) is 32.4. The van der Waals surface area contributed by atoms with Crippen LogP contribution in [0.2, 0.25) is 0 Å². The first kappa shape index (κ1) is 28.2. The van der Waals surface area contributed by atoms with E-state index in [-0.39, 0.29) is 71.0 Å². The van der Waals surface area contributed by atoms with E-state index in [4.69, 9.17) is 0 Å². The number of hydrogen-bond acceptors (Lipinski definition) is 4. The highest BCUT2D eigenvalue weighted by Gasteiger charge is 2.62. The maximum atomic E-state index is 13.5. The molecule has 45 heavy (non-hydrogen) atoms. The molecule has 6 aliphatic rings. The van der Waals surface area contributed by atoms with E-state index in [1.165, 1.54) is 20.9 Å². The molecular weight excluding hydrogens is 560 g/mol. The van der Waals surface area contributed by atoms with Gasteiger partial charge in [0, 0.05) is 0 Å². The molecule has 2 saturated carbocycles. The third kappa shape index (κ3) is 4.21. The summed E-state index contributed by atoms with van der Waals surface area (Å²) in [5, 5.41) is 0. The first-order valence-electron chi connectivity index (χ1n) is 16.5. The van der Waals surface area contributed by atoms with E-state index in [0.717, 1.165) is 49.7 Å². The summed E-state index contributed by atoms with van der Waals surface area (Å²) in [6.07, 6.45) is 14.5. The van der Waals surface area contributed by atoms with Crippen LogP contribution >= 0.6 is 0 Å². The van der Waals surface area contributed by atoms with Crippen molar-refractivity contribution in [1.29, 1.82) is 0 Å². The molecule has 6 heteroatoms. The lowest BCUT2D eigenvalue weighted by molar-refractivity contribution is -0.124. The minimum atomic E-state index is -0.231. The van der Waals surface area contributed by atoms with Gasteiger partial charge in [-0.3, -0.25) is 29.0 Å². The van der Waals surface area contributed by atoms with Gasteiger partial charge in [-0.2, -0.15) is 0 Å². The summed E-state index contributed by atoms with van der Waals surface area (Å²) in [6.45, 7) is 7.65. The van der Waals surface area contributed by atoms with Crippen LogP contribution in [0.25, 0.3) is 0 Å². The Morgan fingerprint density at radius 3 is 1.33 bits per heavy atom. The average Bonchev–Trinajstić information content (AvgIpc) is 3.88. The number of rotatable bonds is 10. The Hall–Kier alpha value is -4.32. The van der Waals surface area contributed by atoms with Crippen LogP contribution in [0.5, 0.6) is 0 Å². The summed E-state index contributed by atoms with van der Waals surface area (Å²) in [5.74, 6) is -0.465. The first-order chi connectivity index (χ1) is 21.9. The van der Waals surface area contributed by atoms with Crippen molar-refractivity contribution in [2.24, 2.45) is 47.3 Å². The molecule has 0 spiro atoms. The molecule has 8 atom stereocenters. The number of imide groups is 2. The van der Waals surface area contributed by atoms with Crippen molar-refractivity contribution in [2.75, 3.05) is 9.80 Å². The molecule has 2 aliphatic heterocycles. The van der Waals surface area contributed by atoms with Crippen LogP contribution in [0, 0.1) is 47.3 Å². The van der Waals surface area contributed by atoms with Crippen LogP contribution < -0.4 is 9.80 Å². The van der Waals surface area contributed by atoms with Crippen molar-refractivity contribution in [3.63, 3.8) is 0 Å². The highest BCUT2D eigenvalue weighted by atomic mass is 16.2. The average molecular weight is 599 g/mol. The maximum absolute atomic E-state index is 13.5. The molecule has 2 aromatic carbocycles. The molecule has 2 heterocycles. The molecule has 4 bridgehead atoms. The quantitative estimate of drug-likeness (QED) is 0.229. The lowest BCUT2D eigenvalue weighted by atomic mass is 9.80. The Kier molecular flexibility index (Phi) is 6.66. The molecule has 0 N–H and O–H groups in total. The van der Waals surface area contributed by atoms with Crippen molar-refractivity contribution in [3.05, 3.63) is 108 Å². The standard InChI is InChI=1S/C39H38N2O4/c1-3-5-7-24-18-26-20-30(24)34-32(26)36(42)40(38(34)44)28-13-9-22(10-14-28)17-23-11-15-29(16-12-23)41-37(43)33-27-19-25(8-6-4-2)31(21-27)35(33)39(41)45/h3-4,9-16,18-19,26-27,30-35H,1-2,5-8,17,20-21H2. The van der Waals surface area contributed by atoms with E-state index in [1.54, 1.807) is 0 Å². The zero-order valence-corrected chi connectivity index (χ0v) is 25.4. The van der Waals surface area contributed by atoms with Crippen molar-refractivity contribution in [1.82, 2.24) is 0 Å². The number of benzene rings is 2. The Labute approximate surface area is 264 Å². The SMILES string of the molecule is C=CCCC1=CC2CC1C1C(=O)N(c3ccc(Cc4ccc(N5C(=O)C6C7C=C(CCC=C)C(C7)C6C5=O)cc4)cc3)C(=O)C21. The first-order valence-corrected chi connectivity index (χ1v) is 16.5. The summed E-state index contributed by atoms with van der Waals surface area (Å²) in [4.78, 5) is 56.8. The van der Waals surface area contributed by atoms with Gasteiger partial charge >= 0.3 is 0 Å². The summed E-state index contributed by atoms with van der Waals surface area (Å²) >= 11 is 0. The molecule has 228 valence electrons. The summed E-state index contributed by atoms with van der Waals surface area (Å²) in [6, 6.07) is 15.4. The number of carbonyl (C=O) groups is 4. The molecule has 6 nitrogen and oxygen atoms in total. The monoisotopic (exact) mass is 598 g/mol. The second-order valence-corrected chi connectivity index (χ2v) is 13.8. The number of allylic oxidation sites excluding steroid dienone is 6. The minimum Gasteiger partial charge on any atom is -0.274 e. The molecule has 8 unspecified atom stereocenters. The fraction of sp³-hybridized carbons (Fsp3) is 0.385. The van der Waals surface area contributed by atoms with Crippen LogP contribution in [0.3, 0.4) is 0 Å². The molecular formula is C39H38N2O4. The highest BCUT2D eigenvalue weighted by molar-refractivity contribution is 6.23. The van der Waals surface area contributed by atoms with Gasteiger partial charge < -0.3 is 0 Å². The molecule has 2 saturated heterocycles. The molecule has 8 rings (SSSR count). The fourth-order valence-corrected chi connectivity index (χ4v) is 9.59. The zero-order valence-electron chi connectivity index (χ0n) is 25.4. The fourth-order valence-electron chi connectivity index (χ4n) is 9.59. The van der Waals surface area contributed by atoms with E-state index in [2.05, 4.69) is 25.3 Å². The summed E-state index contributed by atoms with van der Waals surface area (Å²) in [7, 11) is 0. The van der Waals surface area contributed by atoms with Gasteiger partial charge in [0.2, 0.25) is 23.6 Å². The van der Waals surface area contributed by atoms with Crippen LogP contribution in [0.4, 0.5) is 11.4 Å². The van der Waals surface area contributed by atoms with Crippen molar-refractivity contribution >= 4 is 35.0 Å². The van der Waals surface area contributed by atoms with E-state index in [1.807, 2.05) is 60.7 Å². The predicted molar refractivity (Wildman–Crippen MR) is 173 cm³/mol. The second kappa shape index (κ2) is 10.6. The predicted octanol–water partition coefficient (Wildman–Crippen LogP) is 6.57. The Balaban J connectivity index is 0.929. The topological polar surface area (TPSA) is 74.8 Å². The van der Waals surface area contributed by atoms with Gasteiger partial charge in [0.25, 0.3) is 0 Å². The molecule has 0 radical (unpaired) electrons. The number of anilines is 2. The summed E-state index contributed by atoms with van der Waals surface area (Å²) in [5.41, 5.74) is 6.03. The molecule has 4 amide bonds. The second-order valence-electron chi connectivity index (χ2n) is 13.8. The van der Waals surface area contributed by atoms with Gasteiger partial charge in [-0.05, 0) is 104 Å². The van der Waals surface area contributed by atoms with Gasteiger partial charge in [-0.15, -0.1) is 13.2 Å². The van der Waals surface area contributed by atoms with E-state index in [0.29, 0.717) is 17.8 Å². The van der Waals surface area contributed by atoms with Gasteiger partial charge in [0.15, 0.2) is 0 Å². The van der Waals surface area contributed by atoms with Crippen LogP contribution in [0.1, 0.15) is 49.7 Å². The molecule has 4 aliphatic carbocycles. The number of fused-ring (bicyclic) bond motifs is 10. The summed E-state index contributed by atoms with van der Waals surface area (Å²) < 4.78 is 0. The zero-order chi connectivity index (χ0) is 31.0. The smallest absolute Gasteiger partial charge is 0.238 e. The molecule has 4 fully saturated rings. The molecule has 2 aromatic rings. The van der Waals surface area contributed by atoms with Gasteiger partial charge in [-0.1, -0.05) is 59.7 Å². The van der Waals surface area contributed by atoms with Gasteiger partial charge in [0.1, 0.15) is 0 Å². The lowest BCUT2D eigenvalue weighted by Gasteiger charge is -2.21. The van der Waals surface area contributed by atoms with Crippen LogP contribution in [-0.2, 0) is 25.6 Å². The van der Waals surface area contributed by atoms with E-state index >= 15 is 0 Å². The van der Waals surface area contributed by atoms with E-state index in [9.17, 15) is 19.2 Å². The molecule has 0 aromatic heterocycles. The Bertz CT molecular complexity index is 1570. The largest absolute Gasteiger partial charge is 0.274 e. The number of nitrogens with zero attached hydrogens (tertiary/aromatic N) is 2.